The number of nitrogens with two attached hydrogens (primary N) is 1. The topological polar surface area (TPSA) is 102 Å². The van der Waals surface area contributed by atoms with Crippen molar-refractivity contribution in [1.29, 1.82) is 0 Å². The molecule has 1 aliphatic heterocycles. The molecule has 0 radical (unpaired) electrons. The number of amides is 1. The van der Waals surface area contributed by atoms with Crippen LogP contribution in [0.3, 0.4) is 0 Å². The van der Waals surface area contributed by atoms with Crippen LogP contribution >= 0.6 is 0 Å². The average Bonchev–Trinajstić information content (AvgIpc) is 2.47. The molecule has 0 saturated carbocycles. The van der Waals surface area contributed by atoms with Crippen LogP contribution in [-0.2, 0) is 14.8 Å². The van der Waals surface area contributed by atoms with Crippen molar-refractivity contribution in [2.45, 2.75) is 17.9 Å². The lowest BCUT2D eigenvalue weighted by Gasteiger charge is -2.29. The molecule has 3 N–H and O–H groups in total. The van der Waals surface area contributed by atoms with Gasteiger partial charge in [0.25, 0.3) is 5.91 Å². The highest BCUT2D eigenvalue weighted by molar-refractivity contribution is 7.89. The SMILES string of the molecule is C[C@@H](CN1CCOCC1)NC(=O)c1cccc(S(N)(=O)=O)c1. The number of hydrogen-bond acceptors (Lipinski definition) is 5. The molecule has 1 saturated heterocycles. The van der Waals surface area contributed by atoms with E-state index in [9.17, 15) is 13.2 Å². The Morgan fingerprint density at radius 3 is 2.73 bits per heavy atom. The number of rotatable bonds is 5. The summed E-state index contributed by atoms with van der Waals surface area (Å²) in [6.07, 6.45) is 0. The van der Waals surface area contributed by atoms with Crippen LogP contribution in [0.15, 0.2) is 29.2 Å². The van der Waals surface area contributed by atoms with Crippen molar-refractivity contribution in [1.82, 2.24) is 10.2 Å². The molecule has 0 spiro atoms. The van der Waals surface area contributed by atoms with Gasteiger partial charge in [0.15, 0.2) is 0 Å². The van der Waals surface area contributed by atoms with Gasteiger partial charge in [-0.15, -0.1) is 0 Å². The largest absolute Gasteiger partial charge is 0.379 e. The predicted octanol–water partition coefficient (Wildman–Crippen LogP) is -0.215. The summed E-state index contributed by atoms with van der Waals surface area (Å²) in [5.74, 6) is -0.314. The first kappa shape index (κ1) is 16.9. The summed E-state index contributed by atoms with van der Waals surface area (Å²) in [6, 6.07) is 5.66. The Balaban J connectivity index is 1.96. The van der Waals surface area contributed by atoms with Crippen LogP contribution in [0, 0.1) is 0 Å². The van der Waals surface area contributed by atoms with Gasteiger partial charge in [-0.05, 0) is 25.1 Å². The number of sulfonamides is 1. The summed E-state index contributed by atoms with van der Waals surface area (Å²) in [6.45, 7) is 5.75. The number of morpholine rings is 1. The van der Waals surface area contributed by atoms with Gasteiger partial charge in [0.1, 0.15) is 0 Å². The van der Waals surface area contributed by atoms with Gasteiger partial charge >= 0.3 is 0 Å². The van der Waals surface area contributed by atoms with Crippen molar-refractivity contribution < 1.29 is 17.9 Å². The van der Waals surface area contributed by atoms with E-state index in [1.54, 1.807) is 6.07 Å². The fourth-order valence-electron chi connectivity index (χ4n) is 2.34. The van der Waals surface area contributed by atoms with Gasteiger partial charge in [-0.3, -0.25) is 9.69 Å². The molecule has 0 unspecified atom stereocenters. The van der Waals surface area contributed by atoms with Crippen molar-refractivity contribution in [3.63, 3.8) is 0 Å². The molecule has 22 heavy (non-hydrogen) atoms. The molecule has 1 aliphatic rings. The fraction of sp³-hybridized carbons (Fsp3) is 0.500. The molecule has 1 aromatic carbocycles. The second-order valence-corrected chi connectivity index (χ2v) is 6.92. The Bertz CT molecular complexity index is 627. The van der Waals surface area contributed by atoms with Crippen molar-refractivity contribution in [3.8, 4) is 0 Å². The monoisotopic (exact) mass is 327 g/mol. The predicted molar refractivity (Wildman–Crippen MR) is 82.0 cm³/mol. The number of nitrogens with zero attached hydrogens (tertiary/aromatic N) is 1. The smallest absolute Gasteiger partial charge is 0.251 e. The highest BCUT2D eigenvalue weighted by Crippen LogP contribution is 2.10. The van der Waals surface area contributed by atoms with E-state index in [1.807, 2.05) is 6.92 Å². The molecule has 1 atom stereocenters. The zero-order valence-corrected chi connectivity index (χ0v) is 13.3. The Hall–Kier alpha value is -1.48. The normalized spacial score (nSPS) is 17.9. The van der Waals surface area contributed by atoms with E-state index >= 15 is 0 Å². The molecule has 1 fully saturated rings. The summed E-state index contributed by atoms with van der Waals surface area (Å²) >= 11 is 0. The Kier molecular flexibility index (Phi) is 5.52. The number of nitrogens with one attached hydrogen (secondary N) is 1. The summed E-state index contributed by atoms with van der Waals surface area (Å²) in [7, 11) is -3.81. The average molecular weight is 327 g/mol. The summed E-state index contributed by atoms with van der Waals surface area (Å²) in [4.78, 5) is 14.3. The summed E-state index contributed by atoms with van der Waals surface area (Å²) in [5.41, 5.74) is 0.278. The lowest BCUT2D eigenvalue weighted by atomic mass is 10.2. The van der Waals surface area contributed by atoms with Crippen molar-refractivity contribution in [3.05, 3.63) is 29.8 Å². The summed E-state index contributed by atoms with van der Waals surface area (Å²) in [5, 5.41) is 7.94. The maximum Gasteiger partial charge on any atom is 0.251 e. The van der Waals surface area contributed by atoms with Gasteiger partial charge in [-0.25, -0.2) is 13.6 Å². The molecule has 122 valence electrons. The third-order valence-corrected chi connectivity index (χ3v) is 4.35. The highest BCUT2D eigenvalue weighted by atomic mass is 32.2. The molecule has 0 aliphatic carbocycles. The lowest BCUT2D eigenvalue weighted by molar-refractivity contribution is 0.0342. The molecular formula is C14H21N3O4S. The molecule has 2 rings (SSSR count). The van der Waals surface area contributed by atoms with E-state index in [2.05, 4.69) is 10.2 Å². The van der Waals surface area contributed by atoms with Gasteiger partial charge in [0, 0.05) is 31.2 Å². The van der Waals surface area contributed by atoms with E-state index in [4.69, 9.17) is 9.88 Å². The van der Waals surface area contributed by atoms with Gasteiger partial charge in [0.05, 0.1) is 18.1 Å². The molecule has 1 heterocycles. The number of carbonyl (C=O) groups is 1. The summed E-state index contributed by atoms with van der Waals surface area (Å²) < 4.78 is 27.9. The van der Waals surface area contributed by atoms with Crippen molar-refractivity contribution in [2.75, 3.05) is 32.8 Å². The second-order valence-electron chi connectivity index (χ2n) is 5.36. The van der Waals surface area contributed by atoms with Crippen LogP contribution in [0.1, 0.15) is 17.3 Å². The molecule has 7 nitrogen and oxygen atoms in total. The van der Waals surface area contributed by atoms with E-state index in [1.165, 1.54) is 18.2 Å². The first-order chi connectivity index (χ1) is 10.4. The minimum atomic E-state index is -3.81. The molecule has 0 aromatic heterocycles. The van der Waals surface area contributed by atoms with E-state index in [-0.39, 0.29) is 22.4 Å². The van der Waals surface area contributed by atoms with E-state index in [0.29, 0.717) is 13.2 Å². The number of carbonyl (C=O) groups excluding carboxylic acids is 1. The maximum absolute atomic E-state index is 12.2. The van der Waals surface area contributed by atoms with Crippen LogP contribution < -0.4 is 10.5 Å². The van der Waals surface area contributed by atoms with Crippen LogP contribution in [0.2, 0.25) is 0 Å². The highest BCUT2D eigenvalue weighted by Gasteiger charge is 2.17. The number of ether oxygens (including phenoxy) is 1. The minimum Gasteiger partial charge on any atom is -0.379 e. The molecule has 1 aromatic rings. The first-order valence-corrected chi connectivity index (χ1v) is 8.65. The third-order valence-electron chi connectivity index (χ3n) is 3.44. The standard InChI is InChI=1S/C14H21N3O4S/c1-11(10-17-5-7-21-8-6-17)16-14(18)12-3-2-4-13(9-12)22(15,19)20/h2-4,9,11H,5-8,10H2,1H3,(H,16,18)(H2,15,19,20)/t11-/m0/s1. The molecule has 8 heteroatoms. The van der Waals surface area contributed by atoms with Gasteiger partial charge in [-0.2, -0.15) is 0 Å². The zero-order chi connectivity index (χ0) is 16.2. The van der Waals surface area contributed by atoms with E-state index in [0.717, 1.165) is 19.6 Å². The fourth-order valence-corrected chi connectivity index (χ4v) is 2.90. The Morgan fingerprint density at radius 2 is 2.09 bits per heavy atom. The van der Waals surface area contributed by atoms with Crippen molar-refractivity contribution in [2.24, 2.45) is 5.14 Å². The van der Waals surface area contributed by atoms with Gasteiger partial charge in [-0.1, -0.05) is 6.07 Å². The van der Waals surface area contributed by atoms with Crippen LogP contribution in [0.25, 0.3) is 0 Å². The molecular weight excluding hydrogens is 306 g/mol. The Labute approximate surface area is 130 Å². The number of benzene rings is 1. The van der Waals surface area contributed by atoms with Crippen LogP contribution in [0.5, 0.6) is 0 Å². The number of hydrogen-bond donors (Lipinski definition) is 2. The lowest BCUT2D eigenvalue weighted by Crippen LogP contribution is -2.46. The number of primary sulfonamides is 1. The second kappa shape index (κ2) is 7.19. The zero-order valence-electron chi connectivity index (χ0n) is 12.5. The molecule has 1 amide bonds. The molecule has 0 bridgehead atoms. The maximum atomic E-state index is 12.2. The van der Waals surface area contributed by atoms with Gasteiger partial charge in [0.2, 0.25) is 10.0 Å². The quantitative estimate of drug-likeness (QED) is 0.779. The first-order valence-electron chi connectivity index (χ1n) is 7.10. The van der Waals surface area contributed by atoms with Crippen LogP contribution in [0.4, 0.5) is 0 Å². The van der Waals surface area contributed by atoms with Gasteiger partial charge < -0.3 is 10.1 Å². The van der Waals surface area contributed by atoms with E-state index < -0.39 is 10.0 Å². The Morgan fingerprint density at radius 1 is 1.41 bits per heavy atom. The van der Waals surface area contributed by atoms with Crippen molar-refractivity contribution >= 4 is 15.9 Å². The van der Waals surface area contributed by atoms with Crippen LogP contribution in [-0.4, -0.2) is 58.1 Å². The minimum absolute atomic E-state index is 0.0521. The third kappa shape index (κ3) is 4.77.